The van der Waals surface area contributed by atoms with Gasteiger partial charge < -0.3 is 16.4 Å². The standard InChI is InChI=1S/C23H24Cl2F3N7O/c24-15-7-12(26)8-16(25)18(15)33-22-32-17-10-30-21(31-13-5-6-23(27,28)9-13)34-20(17)35(22)14-3-1-11(2-4-14)19(29)36/h7-8,10-11,13-14H,1-6,9H2,(H2,29,36)(H,32,33)(H,30,31,34)/t11?,13-,14?/m0/s1. The summed E-state index contributed by atoms with van der Waals surface area (Å²) in [6.07, 6.45) is 3.86. The summed E-state index contributed by atoms with van der Waals surface area (Å²) in [5.74, 6) is -3.22. The van der Waals surface area contributed by atoms with E-state index in [4.69, 9.17) is 28.9 Å². The van der Waals surface area contributed by atoms with Crippen LogP contribution in [0, 0.1) is 11.7 Å². The molecule has 1 amide bonds. The molecule has 3 aromatic rings. The highest BCUT2D eigenvalue weighted by Gasteiger charge is 2.39. The van der Waals surface area contributed by atoms with Gasteiger partial charge >= 0.3 is 0 Å². The van der Waals surface area contributed by atoms with Crippen LogP contribution in [-0.4, -0.2) is 37.4 Å². The number of fused-ring (bicyclic) bond motifs is 1. The lowest BCUT2D eigenvalue weighted by atomic mass is 9.85. The van der Waals surface area contributed by atoms with Gasteiger partial charge in [0.1, 0.15) is 11.3 Å². The predicted octanol–water partition coefficient (Wildman–Crippen LogP) is 5.83. The molecule has 0 unspecified atom stereocenters. The molecule has 2 saturated carbocycles. The maximum Gasteiger partial charge on any atom is 0.250 e. The molecular formula is C23H24Cl2F3N7O. The highest BCUT2D eigenvalue weighted by molar-refractivity contribution is 6.39. The van der Waals surface area contributed by atoms with E-state index in [0.717, 1.165) is 12.1 Å². The Hall–Kier alpha value is -2.79. The van der Waals surface area contributed by atoms with Gasteiger partial charge in [-0.1, -0.05) is 23.2 Å². The van der Waals surface area contributed by atoms with Crippen LogP contribution in [0.15, 0.2) is 18.3 Å². The number of imidazole rings is 1. The molecule has 2 aromatic heterocycles. The van der Waals surface area contributed by atoms with Crippen molar-refractivity contribution in [3.8, 4) is 0 Å². The number of hydrogen-bond acceptors (Lipinski definition) is 6. The van der Waals surface area contributed by atoms with Crippen LogP contribution in [0.25, 0.3) is 11.2 Å². The summed E-state index contributed by atoms with van der Waals surface area (Å²) in [5, 5.41) is 6.27. The van der Waals surface area contributed by atoms with E-state index in [2.05, 4.69) is 25.6 Å². The van der Waals surface area contributed by atoms with E-state index in [-0.39, 0.29) is 52.4 Å². The molecular weight excluding hydrogens is 518 g/mol. The van der Waals surface area contributed by atoms with Gasteiger partial charge in [-0.3, -0.25) is 9.36 Å². The number of rotatable bonds is 6. The molecule has 0 radical (unpaired) electrons. The van der Waals surface area contributed by atoms with E-state index in [9.17, 15) is 18.0 Å². The second-order valence-electron chi connectivity index (χ2n) is 9.43. The second kappa shape index (κ2) is 9.59. The number of benzene rings is 1. The maximum atomic E-state index is 13.7. The molecule has 0 spiro atoms. The first kappa shape index (κ1) is 24.9. The molecule has 0 saturated heterocycles. The van der Waals surface area contributed by atoms with Gasteiger partial charge in [-0.05, 0) is 44.2 Å². The van der Waals surface area contributed by atoms with E-state index >= 15 is 0 Å². The first-order valence-electron chi connectivity index (χ1n) is 11.7. The van der Waals surface area contributed by atoms with Crippen LogP contribution in [0.5, 0.6) is 0 Å². The van der Waals surface area contributed by atoms with E-state index in [1.54, 1.807) is 0 Å². The van der Waals surface area contributed by atoms with Crippen molar-refractivity contribution in [1.82, 2.24) is 19.5 Å². The van der Waals surface area contributed by atoms with Gasteiger partial charge in [0, 0.05) is 30.8 Å². The minimum absolute atomic E-state index is 0.0756. The highest BCUT2D eigenvalue weighted by atomic mass is 35.5. The molecule has 2 aliphatic rings. The Balaban J connectivity index is 1.52. The van der Waals surface area contributed by atoms with E-state index in [1.165, 1.54) is 6.20 Å². The van der Waals surface area contributed by atoms with Crippen LogP contribution in [0.1, 0.15) is 51.0 Å². The summed E-state index contributed by atoms with van der Waals surface area (Å²) >= 11 is 12.5. The van der Waals surface area contributed by atoms with Gasteiger partial charge in [-0.25, -0.2) is 23.1 Å². The van der Waals surface area contributed by atoms with Crippen molar-refractivity contribution in [2.24, 2.45) is 11.7 Å². The zero-order valence-corrected chi connectivity index (χ0v) is 20.6. The third kappa shape index (κ3) is 5.04. The molecule has 192 valence electrons. The Morgan fingerprint density at radius 2 is 1.81 bits per heavy atom. The average Bonchev–Trinajstić information content (AvgIpc) is 3.34. The van der Waals surface area contributed by atoms with Crippen molar-refractivity contribution < 1.29 is 18.0 Å². The van der Waals surface area contributed by atoms with Crippen LogP contribution in [0.4, 0.5) is 30.8 Å². The number of carbonyl (C=O) groups is 1. The summed E-state index contributed by atoms with van der Waals surface area (Å²) in [6, 6.07) is 1.75. The van der Waals surface area contributed by atoms with Crippen LogP contribution >= 0.6 is 23.2 Å². The van der Waals surface area contributed by atoms with Crippen molar-refractivity contribution >= 4 is 57.9 Å². The molecule has 1 aromatic carbocycles. The third-order valence-corrected chi connectivity index (χ3v) is 7.47. The van der Waals surface area contributed by atoms with Gasteiger partial charge in [0.25, 0.3) is 0 Å². The van der Waals surface area contributed by atoms with E-state index in [0.29, 0.717) is 49.2 Å². The Bertz CT molecular complexity index is 1290. The number of hydrogen-bond donors (Lipinski definition) is 3. The minimum Gasteiger partial charge on any atom is -0.369 e. The fraction of sp³-hybridized carbons (Fsp3) is 0.478. The number of nitrogens with one attached hydrogen (secondary N) is 2. The highest BCUT2D eigenvalue weighted by Crippen LogP contribution is 2.40. The van der Waals surface area contributed by atoms with E-state index < -0.39 is 17.8 Å². The predicted molar refractivity (Wildman–Crippen MR) is 131 cm³/mol. The van der Waals surface area contributed by atoms with Gasteiger partial charge in [0.15, 0.2) is 5.65 Å². The lowest BCUT2D eigenvalue weighted by Crippen LogP contribution is -2.29. The van der Waals surface area contributed by atoms with Crippen LogP contribution < -0.4 is 16.4 Å². The van der Waals surface area contributed by atoms with Crippen LogP contribution in [0.2, 0.25) is 10.0 Å². The maximum absolute atomic E-state index is 13.7. The van der Waals surface area contributed by atoms with Crippen LogP contribution in [-0.2, 0) is 4.79 Å². The number of carbonyl (C=O) groups excluding carboxylic acids is 1. The zero-order chi connectivity index (χ0) is 25.6. The normalized spacial score (nSPS) is 23.6. The summed E-state index contributed by atoms with van der Waals surface area (Å²) < 4.78 is 42.9. The molecule has 2 fully saturated rings. The third-order valence-electron chi connectivity index (χ3n) is 6.88. The number of anilines is 3. The zero-order valence-electron chi connectivity index (χ0n) is 19.1. The van der Waals surface area contributed by atoms with Crippen molar-refractivity contribution in [2.75, 3.05) is 10.6 Å². The quantitative estimate of drug-likeness (QED) is 0.362. The SMILES string of the molecule is NC(=O)C1CCC(n2c(Nc3c(Cl)cc(F)cc3Cl)nc3cnc(N[C@H]4CCC(F)(F)C4)nc32)CC1. The number of alkyl halides is 2. The Morgan fingerprint density at radius 1 is 1.11 bits per heavy atom. The molecule has 8 nitrogen and oxygen atoms in total. The molecule has 2 aliphatic carbocycles. The van der Waals surface area contributed by atoms with Gasteiger partial charge in [-0.15, -0.1) is 0 Å². The lowest BCUT2D eigenvalue weighted by molar-refractivity contribution is -0.122. The summed E-state index contributed by atoms with van der Waals surface area (Å²) in [7, 11) is 0. The first-order valence-corrected chi connectivity index (χ1v) is 12.5. The molecule has 5 rings (SSSR count). The van der Waals surface area contributed by atoms with Crippen molar-refractivity contribution in [3.63, 3.8) is 0 Å². The van der Waals surface area contributed by atoms with Gasteiger partial charge in [0.2, 0.25) is 23.7 Å². The minimum atomic E-state index is -2.70. The fourth-order valence-corrected chi connectivity index (χ4v) is 5.60. The number of amides is 1. The summed E-state index contributed by atoms with van der Waals surface area (Å²) in [4.78, 5) is 25.2. The number of primary amides is 1. The fourth-order valence-electron chi connectivity index (χ4n) is 5.04. The van der Waals surface area contributed by atoms with Crippen LogP contribution in [0.3, 0.4) is 0 Å². The monoisotopic (exact) mass is 541 g/mol. The lowest BCUT2D eigenvalue weighted by Gasteiger charge is -2.29. The molecule has 2 heterocycles. The Morgan fingerprint density at radius 3 is 2.42 bits per heavy atom. The van der Waals surface area contributed by atoms with Crippen molar-refractivity contribution in [1.29, 1.82) is 0 Å². The molecule has 4 N–H and O–H groups in total. The van der Waals surface area contributed by atoms with Crippen molar-refractivity contribution in [2.45, 2.75) is 63.0 Å². The molecule has 0 bridgehead atoms. The summed E-state index contributed by atoms with van der Waals surface area (Å²) in [6.45, 7) is 0. The molecule has 13 heteroatoms. The first-order chi connectivity index (χ1) is 17.1. The smallest absolute Gasteiger partial charge is 0.250 e. The van der Waals surface area contributed by atoms with Crippen molar-refractivity contribution in [3.05, 3.63) is 34.2 Å². The number of aromatic nitrogens is 4. The molecule has 0 aliphatic heterocycles. The number of nitrogens with zero attached hydrogens (tertiary/aromatic N) is 4. The largest absolute Gasteiger partial charge is 0.369 e. The summed E-state index contributed by atoms with van der Waals surface area (Å²) in [5.41, 5.74) is 6.73. The number of halogens is 5. The van der Waals surface area contributed by atoms with E-state index in [1.807, 2.05) is 4.57 Å². The molecule has 1 atom stereocenters. The Kier molecular flexibility index (Phi) is 6.63. The second-order valence-corrected chi connectivity index (χ2v) is 10.2. The van der Waals surface area contributed by atoms with Gasteiger partial charge in [0.05, 0.1) is 21.9 Å². The number of nitrogens with two attached hydrogens (primary N) is 1. The Labute approximate surface area is 214 Å². The van der Waals surface area contributed by atoms with Gasteiger partial charge in [-0.2, -0.15) is 4.98 Å². The topological polar surface area (TPSA) is 111 Å². The average molecular weight is 542 g/mol. The molecule has 36 heavy (non-hydrogen) atoms.